The summed E-state index contributed by atoms with van der Waals surface area (Å²) in [6, 6.07) is 4.00. The second kappa shape index (κ2) is 8.31. The average Bonchev–Trinajstić information content (AvgIpc) is 3.43. The summed E-state index contributed by atoms with van der Waals surface area (Å²) in [4.78, 5) is 11.9. The molecular weight excluding hydrogens is 361 g/mol. The summed E-state index contributed by atoms with van der Waals surface area (Å²) in [5.41, 5.74) is 1.78. The number of hydrogen-bond donors (Lipinski definition) is 1. The van der Waals surface area contributed by atoms with Crippen LogP contribution in [0.2, 0.25) is 5.02 Å². The Morgan fingerprint density at radius 1 is 1.42 bits per heavy atom. The SMILES string of the molecule is C1CC1.CC1=C(NC(=O)COc2ccc(Cl)c(F)c2)CC1c1nnco1. The molecule has 138 valence electrons. The van der Waals surface area contributed by atoms with Crippen molar-refractivity contribution >= 4 is 17.5 Å². The molecular formula is C18H19ClFN3O3. The normalized spacial score (nSPS) is 17.7. The van der Waals surface area contributed by atoms with Crippen LogP contribution in [0.3, 0.4) is 0 Å². The van der Waals surface area contributed by atoms with Gasteiger partial charge in [-0.2, -0.15) is 0 Å². The predicted octanol–water partition coefficient (Wildman–Crippen LogP) is 3.99. The molecule has 1 amide bonds. The first-order valence-electron chi connectivity index (χ1n) is 8.38. The number of nitrogens with zero attached hydrogens (tertiary/aromatic N) is 2. The minimum absolute atomic E-state index is 0.00381. The molecule has 8 heteroatoms. The van der Waals surface area contributed by atoms with Gasteiger partial charge in [0.25, 0.3) is 5.91 Å². The van der Waals surface area contributed by atoms with E-state index in [1.54, 1.807) is 0 Å². The third-order valence-corrected chi connectivity index (χ3v) is 4.29. The van der Waals surface area contributed by atoms with Gasteiger partial charge < -0.3 is 14.5 Å². The maximum Gasteiger partial charge on any atom is 0.262 e. The number of ether oxygens (including phenoxy) is 1. The number of carbonyl (C=O) groups is 1. The molecule has 1 unspecified atom stereocenters. The van der Waals surface area contributed by atoms with Gasteiger partial charge in [0, 0.05) is 18.2 Å². The molecule has 1 fully saturated rings. The van der Waals surface area contributed by atoms with Crippen molar-refractivity contribution in [2.24, 2.45) is 0 Å². The fraction of sp³-hybridized carbons (Fsp3) is 0.389. The highest BCUT2D eigenvalue weighted by Crippen LogP contribution is 2.39. The monoisotopic (exact) mass is 379 g/mol. The van der Waals surface area contributed by atoms with Gasteiger partial charge in [0.15, 0.2) is 6.61 Å². The van der Waals surface area contributed by atoms with E-state index in [-0.39, 0.29) is 29.2 Å². The zero-order chi connectivity index (χ0) is 18.5. The zero-order valence-electron chi connectivity index (χ0n) is 14.3. The highest BCUT2D eigenvalue weighted by molar-refractivity contribution is 6.30. The van der Waals surface area contributed by atoms with E-state index in [0.29, 0.717) is 12.3 Å². The number of allylic oxidation sites excluding steroid dienone is 2. The molecule has 2 aromatic rings. The van der Waals surface area contributed by atoms with E-state index in [0.717, 1.165) is 17.3 Å². The summed E-state index contributed by atoms with van der Waals surface area (Å²) in [5.74, 6) is -0.0965. The minimum atomic E-state index is -0.593. The number of hydrogen-bond acceptors (Lipinski definition) is 5. The van der Waals surface area contributed by atoms with E-state index >= 15 is 0 Å². The number of amides is 1. The molecule has 0 bridgehead atoms. The van der Waals surface area contributed by atoms with Gasteiger partial charge in [-0.1, -0.05) is 30.9 Å². The standard InChI is InChI=1S/C15H13ClFN3O3.C3H6/c1-8-10(15-20-18-7-23-15)5-13(8)19-14(21)6-22-9-2-3-11(16)12(17)4-9;1-2-3-1/h2-4,7,10H,5-6H2,1H3,(H,19,21);1-3H2. The number of benzene rings is 1. The Labute approximate surface area is 155 Å². The summed E-state index contributed by atoms with van der Waals surface area (Å²) in [7, 11) is 0. The van der Waals surface area contributed by atoms with E-state index in [4.69, 9.17) is 20.8 Å². The third-order valence-electron chi connectivity index (χ3n) is 3.99. The largest absolute Gasteiger partial charge is 0.484 e. The molecule has 1 aromatic carbocycles. The summed E-state index contributed by atoms with van der Waals surface area (Å²) in [6.45, 7) is 1.67. The summed E-state index contributed by atoms with van der Waals surface area (Å²) in [5, 5.41) is 10.3. The number of aromatic nitrogens is 2. The van der Waals surface area contributed by atoms with Crippen LogP contribution in [0.1, 0.15) is 44.4 Å². The number of carbonyl (C=O) groups excluding carboxylic acids is 1. The van der Waals surface area contributed by atoms with Crippen molar-refractivity contribution in [3.8, 4) is 5.75 Å². The Balaban J connectivity index is 0.000000592. The average molecular weight is 380 g/mol. The maximum atomic E-state index is 13.3. The summed E-state index contributed by atoms with van der Waals surface area (Å²) in [6.07, 6.45) is 6.40. The molecule has 0 saturated heterocycles. The van der Waals surface area contributed by atoms with Crippen molar-refractivity contribution in [1.29, 1.82) is 0 Å². The first-order valence-corrected chi connectivity index (χ1v) is 8.76. The molecule has 0 spiro atoms. The first-order chi connectivity index (χ1) is 12.5. The van der Waals surface area contributed by atoms with E-state index < -0.39 is 5.82 Å². The van der Waals surface area contributed by atoms with Crippen molar-refractivity contribution in [2.45, 2.75) is 38.5 Å². The number of halogens is 2. The van der Waals surface area contributed by atoms with Gasteiger partial charge in [-0.05, 0) is 24.6 Å². The lowest BCUT2D eigenvalue weighted by Gasteiger charge is -2.29. The summed E-state index contributed by atoms with van der Waals surface area (Å²) < 4.78 is 23.6. The number of nitrogens with one attached hydrogen (secondary N) is 1. The van der Waals surface area contributed by atoms with Crippen molar-refractivity contribution in [2.75, 3.05) is 6.61 Å². The van der Waals surface area contributed by atoms with Crippen molar-refractivity contribution in [3.63, 3.8) is 0 Å². The Kier molecular flexibility index (Phi) is 5.88. The third kappa shape index (κ3) is 4.82. The smallest absolute Gasteiger partial charge is 0.262 e. The van der Waals surface area contributed by atoms with Gasteiger partial charge in [0.1, 0.15) is 11.6 Å². The first kappa shape index (κ1) is 18.4. The molecule has 1 aromatic heterocycles. The van der Waals surface area contributed by atoms with Gasteiger partial charge in [-0.3, -0.25) is 4.79 Å². The number of rotatable bonds is 5. The summed E-state index contributed by atoms with van der Waals surface area (Å²) >= 11 is 5.58. The molecule has 0 aliphatic heterocycles. The van der Waals surface area contributed by atoms with Gasteiger partial charge in [-0.25, -0.2) is 4.39 Å². The van der Waals surface area contributed by atoms with E-state index in [1.807, 2.05) is 6.92 Å². The molecule has 1 N–H and O–H groups in total. The lowest BCUT2D eigenvalue weighted by Crippen LogP contribution is -2.34. The van der Waals surface area contributed by atoms with Crippen LogP contribution in [0.5, 0.6) is 5.75 Å². The molecule has 0 radical (unpaired) electrons. The van der Waals surface area contributed by atoms with Crippen LogP contribution < -0.4 is 10.1 Å². The Bertz CT molecular complexity index is 803. The Hall–Kier alpha value is -2.41. The maximum absolute atomic E-state index is 13.3. The molecule has 1 heterocycles. The minimum Gasteiger partial charge on any atom is -0.484 e. The molecule has 4 rings (SSSR count). The van der Waals surface area contributed by atoms with Crippen LogP contribution in [-0.2, 0) is 4.79 Å². The van der Waals surface area contributed by atoms with Crippen molar-refractivity contribution in [3.05, 3.63) is 52.6 Å². The zero-order valence-corrected chi connectivity index (χ0v) is 15.1. The molecule has 2 aliphatic rings. The van der Waals surface area contributed by atoms with Crippen LogP contribution in [0, 0.1) is 5.82 Å². The highest BCUT2D eigenvalue weighted by atomic mass is 35.5. The van der Waals surface area contributed by atoms with E-state index in [9.17, 15) is 9.18 Å². The second-order valence-electron chi connectivity index (χ2n) is 6.17. The van der Waals surface area contributed by atoms with Crippen LogP contribution in [-0.4, -0.2) is 22.7 Å². The molecule has 1 atom stereocenters. The lowest BCUT2D eigenvalue weighted by molar-refractivity contribution is -0.122. The van der Waals surface area contributed by atoms with Crippen LogP contribution >= 0.6 is 11.6 Å². The molecule has 1 saturated carbocycles. The van der Waals surface area contributed by atoms with Gasteiger partial charge in [-0.15, -0.1) is 10.2 Å². The van der Waals surface area contributed by atoms with Crippen LogP contribution in [0.4, 0.5) is 4.39 Å². The van der Waals surface area contributed by atoms with E-state index in [1.165, 1.54) is 37.8 Å². The second-order valence-corrected chi connectivity index (χ2v) is 6.58. The fourth-order valence-corrected chi connectivity index (χ4v) is 2.39. The van der Waals surface area contributed by atoms with Gasteiger partial charge in [0.2, 0.25) is 12.3 Å². The van der Waals surface area contributed by atoms with Crippen LogP contribution in [0.25, 0.3) is 0 Å². The topological polar surface area (TPSA) is 77.2 Å². The van der Waals surface area contributed by atoms with Crippen molar-refractivity contribution < 1.29 is 18.3 Å². The fourth-order valence-electron chi connectivity index (χ4n) is 2.27. The predicted molar refractivity (Wildman–Crippen MR) is 93.3 cm³/mol. The van der Waals surface area contributed by atoms with E-state index in [2.05, 4.69) is 15.5 Å². The lowest BCUT2D eigenvalue weighted by atomic mass is 9.82. The molecule has 6 nitrogen and oxygen atoms in total. The molecule has 26 heavy (non-hydrogen) atoms. The van der Waals surface area contributed by atoms with Gasteiger partial charge in [0.05, 0.1) is 10.9 Å². The van der Waals surface area contributed by atoms with Gasteiger partial charge >= 0.3 is 0 Å². The Morgan fingerprint density at radius 2 is 2.19 bits per heavy atom. The quantitative estimate of drug-likeness (QED) is 0.849. The highest BCUT2D eigenvalue weighted by Gasteiger charge is 2.32. The Morgan fingerprint density at radius 3 is 2.77 bits per heavy atom. The molecule has 2 aliphatic carbocycles. The van der Waals surface area contributed by atoms with Crippen molar-refractivity contribution in [1.82, 2.24) is 15.5 Å². The van der Waals surface area contributed by atoms with Crippen LogP contribution in [0.15, 0.2) is 40.3 Å².